The summed E-state index contributed by atoms with van der Waals surface area (Å²) in [5.41, 5.74) is 2.82. The Kier molecular flexibility index (Phi) is 7.32. The van der Waals surface area contributed by atoms with Crippen LogP contribution in [0.15, 0.2) is 41.8 Å². The van der Waals surface area contributed by atoms with Gasteiger partial charge in [-0.25, -0.2) is 8.42 Å². The lowest BCUT2D eigenvalue weighted by molar-refractivity contribution is -0.121. The highest BCUT2D eigenvalue weighted by Gasteiger charge is 2.17. The molecule has 2 rings (SSSR count). The van der Waals surface area contributed by atoms with E-state index < -0.39 is 10.0 Å². The van der Waals surface area contributed by atoms with Crippen LogP contribution in [0.5, 0.6) is 0 Å². The van der Waals surface area contributed by atoms with Gasteiger partial charge in [0.15, 0.2) is 0 Å². The summed E-state index contributed by atoms with van der Waals surface area (Å²) in [6.45, 7) is 4.87. The third kappa shape index (κ3) is 6.65. The molecule has 1 aromatic heterocycles. The van der Waals surface area contributed by atoms with Crippen molar-refractivity contribution in [2.24, 2.45) is 0 Å². The summed E-state index contributed by atoms with van der Waals surface area (Å²) in [6, 6.07) is 11.1. The van der Waals surface area contributed by atoms with Crippen LogP contribution >= 0.6 is 0 Å². The van der Waals surface area contributed by atoms with Crippen LogP contribution in [0.4, 0.5) is 0 Å². The average Bonchev–Trinajstić information content (AvgIpc) is 2.95. The number of aryl methyl sites for hydroxylation is 3. The summed E-state index contributed by atoms with van der Waals surface area (Å²) >= 11 is 0. The standard InChI is InChI=1S/C19H26N4O3S/c1-16-14-17(2)23(21-16)12-7-11-20-19(24)15-22(3)27(25,26)13-10-18-8-5-4-6-9-18/h4-6,8-10,13-14H,7,11-12,15H2,1-3H3,(H,20,24). The zero-order valence-corrected chi connectivity index (χ0v) is 16.7. The number of hydrogen-bond donors (Lipinski definition) is 1. The van der Waals surface area contributed by atoms with Gasteiger partial charge >= 0.3 is 0 Å². The summed E-state index contributed by atoms with van der Waals surface area (Å²) in [7, 11) is -2.26. The van der Waals surface area contributed by atoms with Gasteiger partial charge in [-0.05, 0) is 38.0 Å². The molecule has 0 unspecified atom stereocenters. The highest BCUT2D eigenvalue weighted by Crippen LogP contribution is 2.06. The SMILES string of the molecule is Cc1cc(C)n(CCCNC(=O)CN(C)S(=O)(=O)C=Cc2ccccc2)n1. The Labute approximate surface area is 160 Å². The van der Waals surface area contributed by atoms with Crippen LogP contribution in [0, 0.1) is 13.8 Å². The summed E-state index contributed by atoms with van der Waals surface area (Å²) in [4.78, 5) is 12.0. The van der Waals surface area contributed by atoms with Crippen molar-refractivity contribution < 1.29 is 13.2 Å². The lowest BCUT2D eigenvalue weighted by atomic mass is 10.2. The molecule has 0 aliphatic carbocycles. The lowest BCUT2D eigenvalue weighted by Gasteiger charge is -2.14. The first kappa shape index (κ1) is 20.9. The maximum Gasteiger partial charge on any atom is 0.236 e. The molecular weight excluding hydrogens is 364 g/mol. The van der Waals surface area contributed by atoms with Crippen LogP contribution < -0.4 is 5.32 Å². The molecule has 146 valence electrons. The first-order chi connectivity index (χ1) is 12.8. The van der Waals surface area contributed by atoms with Gasteiger partial charge < -0.3 is 5.32 Å². The number of carbonyl (C=O) groups is 1. The zero-order chi connectivity index (χ0) is 19.9. The number of likely N-dealkylation sites (N-methyl/N-ethyl adjacent to an activating group) is 1. The average molecular weight is 391 g/mol. The van der Waals surface area contributed by atoms with Crippen molar-refractivity contribution in [1.82, 2.24) is 19.4 Å². The van der Waals surface area contributed by atoms with E-state index in [1.54, 1.807) is 0 Å². The molecule has 1 amide bonds. The van der Waals surface area contributed by atoms with Crippen molar-refractivity contribution in [2.75, 3.05) is 20.1 Å². The number of amides is 1. The van der Waals surface area contributed by atoms with E-state index in [-0.39, 0.29) is 12.5 Å². The van der Waals surface area contributed by atoms with Crippen molar-refractivity contribution >= 4 is 22.0 Å². The van der Waals surface area contributed by atoms with Crippen molar-refractivity contribution in [3.8, 4) is 0 Å². The number of nitrogens with one attached hydrogen (secondary N) is 1. The lowest BCUT2D eigenvalue weighted by Crippen LogP contribution is -2.38. The van der Waals surface area contributed by atoms with E-state index in [1.165, 1.54) is 13.1 Å². The first-order valence-corrected chi connectivity index (χ1v) is 10.3. The summed E-state index contributed by atoms with van der Waals surface area (Å²) < 4.78 is 27.4. The maximum atomic E-state index is 12.2. The van der Waals surface area contributed by atoms with E-state index in [0.717, 1.165) is 33.1 Å². The van der Waals surface area contributed by atoms with Crippen molar-refractivity contribution in [3.05, 3.63) is 58.8 Å². The Hall–Kier alpha value is -2.45. The molecule has 0 saturated carbocycles. The highest BCUT2D eigenvalue weighted by molar-refractivity contribution is 7.92. The molecule has 0 spiro atoms. The smallest absolute Gasteiger partial charge is 0.236 e. The third-order valence-corrected chi connectivity index (χ3v) is 5.48. The topological polar surface area (TPSA) is 84.3 Å². The first-order valence-electron chi connectivity index (χ1n) is 8.75. The summed E-state index contributed by atoms with van der Waals surface area (Å²) in [5.74, 6) is -0.331. The fraction of sp³-hybridized carbons (Fsp3) is 0.368. The molecule has 0 aliphatic rings. The quantitative estimate of drug-likeness (QED) is 0.663. The summed E-state index contributed by atoms with van der Waals surface area (Å²) in [6.07, 6.45) is 2.23. The Morgan fingerprint density at radius 3 is 2.59 bits per heavy atom. The van der Waals surface area contributed by atoms with E-state index in [9.17, 15) is 13.2 Å². The van der Waals surface area contributed by atoms with Crippen LogP contribution in [-0.2, 0) is 21.4 Å². The fourth-order valence-corrected chi connectivity index (χ4v) is 3.37. The number of sulfonamides is 1. The van der Waals surface area contributed by atoms with Gasteiger partial charge in [0.1, 0.15) is 0 Å². The normalized spacial score (nSPS) is 12.0. The van der Waals surface area contributed by atoms with Gasteiger partial charge in [-0.15, -0.1) is 0 Å². The van der Waals surface area contributed by atoms with Gasteiger partial charge in [0.25, 0.3) is 0 Å². The molecular formula is C19H26N4O3S. The van der Waals surface area contributed by atoms with Gasteiger partial charge in [0.05, 0.1) is 12.2 Å². The Morgan fingerprint density at radius 2 is 1.96 bits per heavy atom. The van der Waals surface area contributed by atoms with Gasteiger partial charge in [-0.2, -0.15) is 9.40 Å². The predicted molar refractivity (Wildman–Crippen MR) is 106 cm³/mol. The van der Waals surface area contributed by atoms with Crippen molar-refractivity contribution in [1.29, 1.82) is 0 Å². The van der Waals surface area contributed by atoms with Gasteiger partial charge in [-0.1, -0.05) is 30.3 Å². The highest BCUT2D eigenvalue weighted by atomic mass is 32.2. The number of nitrogens with zero attached hydrogens (tertiary/aromatic N) is 3. The minimum atomic E-state index is -3.65. The van der Waals surface area contributed by atoms with Gasteiger partial charge in [0, 0.05) is 31.2 Å². The van der Waals surface area contributed by atoms with E-state index in [0.29, 0.717) is 13.1 Å². The molecule has 0 saturated heterocycles. The van der Waals surface area contributed by atoms with E-state index in [2.05, 4.69) is 10.4 Å². The number of hydrogen-bond acceptors (Lipinski definition) is 4. The number of carbonyl (C=O) groups excluding carboxylic acids is 1. The maximum absolute atomic E-state index is 12.2. The molecule has 1 N–H and O–H groups in total. The van der Waals surface area contributed by atoms with Crippen molar-refractivity contribution in [2.45, 2.75) is 26.8 Å². The largest absolute Gasteiger partial charge is 0.355 e. The van der Waals surface area contributed by atoms with Gasteiger partial charge in [-0.3, -0.25) is 9.48 Å². The molecule has 8 heteroatoms. The molecule has 27 heavy (non-hydrogen) atoms. The molecule has 0 aliphatic heterocycles. The Bertz CT molecular complexity index is 889. The Morgan fingerprint density at radius 1 is 1.26 bits per heavy atom. The predicted octanol–water partition coefficient (Wildman–Crippen LogP) is 1.94. The van der Waals surface area contributed by atoms with Crippen molar-refractivity contribution in [3.63, 3.8) is 0 Å². The number of rotatable bonds is 9. The molecule has 2 aromatic rings. The number of benzene rings is 1. The van der Waals surface area contributed by atoms with Crippen LogP contribution in [0.1, 0.15) is 23.4 Å². The monoisotopic (exact) mass is 390 g/mol. The zero-order valence-electron chi connectivity index (χ0n) is 15.9. The second-order valence-corrected chi connectivity index (χ2v) is 8.29. The molecule has 1 aromatic carbocycles. The molecule has 0 bridgehead atoms. The Balaban J connectivity index is 1.77. The van der Waals surface area contributed by atoms with Crippen LogP contribution in [0.25, 0.3) is 6.08 Å². The van der Waals surface area contributed by atoms with Crippen LogP contribution in [0.2, 0.25) is 0 Å². The second kappa shape index (κ2) is 9.48. The third-order valence-electron chi connectivity index (χ3n) is 4.00. The molecule has 7 nitrogen and oxygen atoms in total. The molecule has 0 radical (unpaired) electrons. The minimum Gasteiger partial charge on any atom is -0.355 e. The summed E-state index contributed by atoms with van der Waals surface area (Å²) in [5, 5.41) is 8.22. The van der Waals surface area contributed by atoms with Gasteiger partial charge in [0.2, 0.25) is 15.9 Å². The fourth-order valence-electron chi connectivity index (χ4n) is 2.54. The molecule has 1 heterocycles. The van der Waals surface area contributed by atoms with E-state index in [1.807, 2.05) is 54.9 Å². The second-order valence-electron chi connectivity index (χ2n) is 6.37. The van der Waals surface area contributed by atoms with E-state index >= 15 is 0 Å². The molecule has 0 atom stereocenters. The minimum absolute atomic E-state index is 0.221. The number of aromatic nitrogens is 2. The van der Waals surface area contributed by atoms with Crippen LogP contribution in [0.3, 0.4) is 0 Å². The molecule has 0 fully saturated rings. The van der Waals surface area contributed by atoms with E-state index in [4.69, 9.17) is 0 Å². The van der Waals surface area contributed by atoms with Crippen LogP contribution in [-0.4, -0.2) is 48.5 Å².